The Balaban J connectivity index is 1.68. The Morgan fingerprint density at radius 3 is 2.67 bits per heavy atom. The van der Waals surface area contributed by atoms with Gasteiger partial charge in [-0.25, -0.2) is 4.39 Å². The van der Waals surface area contributed by atoms with Crippen molar-refractivity contribution in [2.45, 2.75) is 19.1 Å². The van der Waals surface area contributed by atoms with E-state index < -0.39 is 0 Å². The Bertz CT molecular complexity index is 918. The number of carbonyl (C=O) groups excluding carboxylic acids is 1. The van der Waals surface area contributed by atoms with E-state index in [1.54, 1.807) is 31.3 Å². The first-order chi connectivity index (χ1) is 14.5. The average molecular weight is 416 g/mol. The average Bonchev–Trinajstić information content (AvgIpc) is 3.21. The van der Waals surface area contributed by atoms with Gasteiger partial charge in [0.25, 0.3) is 0 Å². The standard InChI is InChI=1S/C22H25FN2O5/c1-27-14-22(26)25(12-15-5-4-6-17(23)9-15)13-18-11-19(24-30-18)16-7-8-20(28-2)21(10-16)29-3/h4-10,18H,11-14H2,1-3H3. The summed E-state index contributed by atoms with van der Waals surface area (Å²) in [6, 6.07) is 11.7. The lowest BCUT2D eigenvalue weighted by molar-refractivity contribution is -0.137. The van der Waals surface area contributed by atoms with E-state index in [2.05, 4.69) is 5.16 Å². The third kappa shape index (κ3) is 5.27. The predicted molar refractivity (Wildman–Crippen MR) is 109 cm³/mol. The van der Waals surface area contributed by atoms with Crippen molar-refractivity contribution in [3.8, 4) is 11.5 Å². The van der Waals surface area contributed by atoms with Gasteiger partial charge < -0.3 is 23.9 Å². The normalized spacial score (nSPS) is 15.3. The van der Waals surface area contributed by atoms with Crippen LogP contribution in [0.25, 0.3) is 0 Å². The fourth-order valence-corrected chi connectivity index (χ4v) is 3.28. The van der Waals surface area contributed by atoms with E-state index in [4.69, 9.17) is 19.0 Å². The minimum atomic E-state index is -0.345. The largest absolute Gasteiger partial charge is 0.493 e. The second kappa shape index (κ2) is 10.1. The van der Waals surface area contributed by atoms with E-state index in [0.717, 1.165) is 11.3 Å². The summed E-state index contributed by atoms with van der Waals surface area (Å²) in [5.74, 6) is 0.681. The number of methoxy groups -OCH3 is 3. The van der Waals surface area contributed by atoms with Crippen LogP contribution >= 0.6 is 0 Å². The van der Waals surface area contributed by atoms with Gasteiger partial charge in [0.15, 0.2) is 17.6 Å². The molecular formula is C22H25FN2O5. The molecule has 0 aliphatic carbocycles. The number of rotatable bonds is 9. The topological polar surface area (TPSA) is 69.6 Å². The summed E-state index contributed by atoms with van der Waals surface area (Å²) >= 11 is 0. The molecule has 8 heteroatoms. The van der Waals surface area contributed by atoms with Gasteiger partial charge in [0.2, 0.25) is 5.91 Å². The summed E-state index contributed by atoms with van der Waals surface area (Å²) in [5, 5.41) is 4.19. The summed E-state index contributed by atoms with van der Waals surface area (Å²) in [7, 11) is 4.61. The molecule has 0 saturated heterocycles. The lowest BCUT2D eigenvalue weighted by Crippen LogP contribution is -2.39. The Morgan fingerprint density at radius 2 is 1.97 bits per heavy atom. The van der Waals surface area contributed by atoms with Crippen molar-refractivity contribution in [3.63, 3.8) is 0 Å². The highest BCUT2D eigenvalue weighted by molar-refractivity contribution is 6.01. The van der Waals surface area contributed by atoms with E-state index in [1.165, 1.54) is 19.2 Å². The number of nitrogens with zero attached hydrogens (tertiary/aromatic N) is 2. The molecule has 1 heterocycles. The molecule has 1 atom stereocenters. The number of benzene rings is 2. The second-order valence-corrected chi connectivity index (χ2v) is 6.88. The van der Waals surface area contributed by atoms with Crippen LogP contribution in [0.2, 0.25) is 0 Å². The Kier molecular flexibility index (Phi) is 7.24. The third-order valence-electron chi connectivity index (χ3n) is 4.76. The summed E-state index contributed by atoms with van der Waals surface area (Å²) in [6.45, 7) is 0.496. The Morgan fingerprint density at radius 1 is 1.17 bits per heavy atom. The maximum Gasteiger partial charge on any atom is 0.248 e. The fraction of sp³-hybridized carbons (Fsp3) is 0.364. The summed E-state index contributed by atoms with van der Waals surface area (Å²) in [4.78, 5) is 19.7. The van der Waals surface area contributed by atoms with Crippen molar-refractivity contribution < 1.29 is 28.2 Å². The van der Waals surface area contributed by atoms with Crippen molar-refractivity contribution in [2.75, 3.05) is 34.5 Å². The SMILES string of the molecule is COCC(=O)N(Cc1cccc(F)c1)CC1CC(c2ccc(OC)c(OC)c2)=NO1. The quantitative estimate of drug-likeness (QED) is 0.629. The Labute approximate surface area is 175 Å². The maximum atomic E-state index is 13.5. The molecule has 2 aromatic rings. The molecule has 160 valence electrons. The molecule has 7 nitrogen and oxygen atoms in total. The van der Waals surface area contributed by atoms with Gasteiger partial charge >= 0.3 is 0 Å². The molecule has 1 unspecified atom stereocenters. The number of amides is 1. The number of halogens is 1. The van der Waals surface area contributed by atoms with E-state index in [0.29, 0.717) is 30.0 Å². The predicted octanol–water partition coefficient (Wildman–Crippen LogP) is 3.01. The van der Waals surface area contributed by atoms with Gasteiger partial charge in [0.1, 0.15) is 12.4 Å². The van der Waals surface area contributed by atoms with E-state index in [9.17, 15) is 9.18 Å². The minimum absolute atomic E-state index is 0.0641. The zero-order valence-electron chi connectivity index (χ0n) is 17.3. The first-order valence-corrected chi connectivity index (χ1v) is 9.50. The molecule has 1 aliphatic rings. The van der Waals surface area contributed by atoms with Crippen LogP contribution in [0, 0.1) is 5.82 Å². The molecule has 1 aliphatic heterocycles. The monoisotopic (exact) mass is 416 g/mol. The van der Waals surface area contributed by atoms with Crippen LogP contribution < -0.4 is 9.47 Å². The van der Waals surface area contributed by atoms with Crippen molar-refractivity contribution in [2.24, 2.45) is 5.16 Å². The van der Waals surface area contributed by atoms with Crippen LogP contribution in [0.15, 0.2) is 47.6 Å². The molecule has 1 amide bonds. The highest BCUT2D eigenvalue weighted by Gasteiger charge is 2.27. The van der Waals surface area contributed by atoms with Crippen molar-refractivity contribution in [1.82, 2.24) is 4.90 Å². The van der Waals surface area contributed by atoms with Gasteiger partial charge in [-0.2, -0.15) is 0 Å². The van der Waals surface area contributed by atoms with Gasteiger partial charge in [0, 0.05) is 25.6 Å². The summed E-state index contributed by atoms with van der Waals surface area (Å²) in [5.41, 5.74) is 2.30. The van der Waals surface area contributed by atoms with Crippen LogP contribution in [-0.4, -0.2) is 57.1 Å². The Hall–Kier alpha value is -3.13. The van der Waals surface area contributed by atoms with Gasteiger partial charge in [-0.1, -0.05) is 17.3 Å². The molecule has 0 fully saturated rings. The van der Waals surface area contributed by atoms with E-state index in [-0.39, 0.29) is 31.0 Å². The van der Waals surface area contributed by atoms with Crippen LogP contribution in [0.3, 0.4) is 0 Å². The van der Waals surface area contributed by atoms with Gasteiger partial charge in [-0.15, -0.1) is 0 Å². The molecule has 0 spiro atoms. The minimum Gasteiger partial charge on any atom is -0.493 e. The smallest absolute Gasteiger partial charge is 0.248 e. The maximum absolute atomic E-state index is 13.5. The van der Waals surface area contributed by atoms with Crippen molar-refractivity contribution in [1.29, 1.82) is 0 Å². The molecule has 0 radical (unpaired) electrons. The fourth-order valence-electron chi connectivity index (χ4n) is 3.28. The lowest BCUT2D eigenvalue weighted by atomic mass is 10.0. The molecule has 2 aromatic carbocycles. The van der Waals surface area contributed by atoms with Crippen LogP contribution in [0.1, 0.15) is 17.5 Å². The molecular weight excluding hydrogens is 391 g/mol. The molecule has 30 heavy (non-hydrogen) atoms. The number of ether oxygens (including phenoxy) is 3. The first-order valence-electron chi connectivity index (χ1n) is 9.50. The first kappa shape index (κ1) is 21.6. The third-order valence-corrected chi connectivity index (χ3v) is 4.76. The van der Waals surface area contributed by atoms with E-state index >= 15 is 0 Å². The lowest BCUT2D eigenvalue weighted by Gasteiger charge is -2.24. The summed E-state index contributed by atoms with van der Waals surface area (Å²) in [6.07, 6.45) is 0.206. The number of carbonyl (C=O) groups is 1. The highest BCUT2D eigenvalue weighted by Crippen LogP contribution is 2.29. The molecule has 0 bridgehead atoms. The van der Waals surface area contributed by atoms with Crippen LogP contribution in [0.4, 0.5) is 4.39 Å². The summed E-state index contributed by atoms with van der Waals surface area (Å²) < 4.78 is 29.1. The van der Waals surface area contributed by atoms with Gasteiger partial charge in [0.05, 0.1) is 26.5 Å². The molecule has 0 saturated carbocycles. The van der Waals surface area contributed by atoms with Crippen molar-refractivity contribution >= 4 is 11.6 Å². The van der Waals surface area contributed by atoms with E-state index in [1.807, 2.05) is 18.2 Å². The molecule has 0 N–H and O–H groups in total. The van der Waals surface area contributed by atoms with Crippen LogP contribution in [-0.2, 0) is 20.9 Å². The zero-order valence-corrected chi connectivity index (χ0v) is 17.3. The van der Waals surface area contributed by atoms with Crippen LogP contribution in [0.5, 0.6) is 11.5 Å². The number of oxime groups is 1. The van der Waals surface area contributed by atoms with Gasteiger partial charge in [-0.05, 0) is 35.9 Å². The number of hydrogen-bond donors (Lipinski definition) is 0. The zero-order chi connectivity index (χ0) is 21.5. The molecule has 3 rings (SSSR count). The molecule has 0 aromatic heterocycles. The van der Waals surface area contributed by atoms with Crippen molar-refractivity contribution in [3.05, 3.63) is 59.4 Å². The highest BCUT2D eigenvalue weighted by atomic mass is 19.1. The van der Waals surface area contributed by atoms with Gasteiger partial charge in [-0.3, -0.25) is 4.79 Å². The number of hydrogen-bond acceptors (Lipinski definition) is 6. The second-order valence-electron chi connectivity index (χ2n) is 6.88.